The van der Waals surface area contributed by atoms with E-state index in [1.807, 2.05) is 30.5 Å². The van der Waals surface area contributed by atoms with Crippen LogP contribution in [0.4, 0.5) is 5.69 Å². The second-order valence-electron chi connectivity index (χ2n) is 5.18. The van der Waals surface area contributed by atoms with Gasteiger partial charge < -0.3 is 10.6 Å². The Hall–Kier alpha value is -3.23. The molecule has 0 saturated carbocycles. The number of carbonyl (C=O) groups excluding carboxylic acids is 1. The van der Waals surface area contributed by atoms with Gasteiger partial charge in [-0.1, -0.05) is 17.3 Å². The van der Waals surface area contributed by atoms with Gasteiger partial charge in [-0.2, -0.15) is 15.4 Å². The van der Waals surface area contributed by atoms with Crippen LogP contribution >= 0.6 is 0 Å². The molecular weight excluding hydrogens is 308 g/mol. The first-order valence-electron chi connectivity index (χ1n) is 7.59. The van der Waals surface area contributed by atoms with Crippen molar-refractivity contribution in [3.63, 3.8) is 0 Å². The molecule has 0 radical (unpaired) electrons. The summed E-state index contributed by atoms with van der Waals surface area (Å²) < 4.78 is 1.80. The molecular formula is C15H18N8O. The number of anilines is 1. The molecule has 3 N–H and O–H groups in total. The van der Waals surface area contributed by atoms with E-state index in [-0.39, 0.29) is 5.69 Å². The molecule has 0 atom stereocenters. The summed E-state index contributed by atoms with van der Waals surface area (Å²) in [4.78, 5) is 13.6. The largest absolute Gasteiger partial charge is 0.370 e. The third kappa shape index (κ3) is 3.24. The minimum atomic E-state index is -0.606. The Morgan fingerprint density at radius 2 is 2.08 bits per heavy atom. The molecule has 2 aromatic heterocycles. The van der Waals surface area contributed by atoms with Gasteiger partial charge in [0.1, 0.15) is 5.69 Å². The van der Waals surface area contributed by atoms with Crippen molar-refractivity contribution >= 4 is 11.6 Å². The van der Waals surface area contributed by atoms with Crippen molar-refractivity contribution in [1.29, 1.82) is 0 Å². The number of hydrogen-bond donors (Lipinski definition) is 2. The number of benzene rings is 1. The van der Waals surface area contributed by atoms with Crippen LogP contribution in [-0.4, -0.2) is 49.4 Å². The molecule has 0 spiro atoms. The van der Waals surface area contributed by atoms with Crippen molar-refractivity contribution in [2.75, 3.05) is 18.0 Å². The minimum absolute atomic E-state index is 0.140. The predicted octanol–water partition coefficient (Wildman–Crippen LogP) is 0.689. The molecule has 9 heteroatoms. The van der Waals surface area contributed by atoms with E-state index in [0.29, 0.717) is 5.69 Å². The lowest BCUT2D eigenvalue weighted by atomic mass is 10.1. The van der Waals surface area contributed by atoms with E-state index in [4.69, 9.17) is 5.73 Å². The Kier molecular flexibility index (Phi) is 4.50. The number of hydrogen-bond acceptors (Lipinski definition) is 6. The highest BCUT2D eigenvalue weighted by Gasteiger charge is 2.15. The summed E-state index contributed by atoms with van der Waals surface area (Å²) in [5.41, 5.74) is 7.76. The molecule has 3 rings (SSSR count). The summed E-state index contributed by atoms with van der Waals surface area (Å²) in [5, 5.41) is 18.0. The number of amides is 1. The maximum atomic E-state index is 11.4. The molecule has 0 aliphatic rings. The first kappa shape index (κ1) is 15.7. The third-order valence-electron chi connectivity index (χ3n) is 3.74. The third-order valence-corrected chi connectivity index (χ3v) is 3.74. The van der Waals surface area contributed by atoms with Gasteiger partial charge in [0.15, 0.2) is 5.69 Å². The molecule has 0 bridgehead atoms. The highest BCUT2D eigenvalue weighted by atomic mass is 16.1. The first-order valence-corrected chi connectivity index (χ1v) is 7.59. The molecule has 0 aliphatic heterocycles. The fourth-order valence-corrected chi connectivity index (χ4v) is 2.48. The van der Waals surface area contributed by atoms with E-state index in [2.05, 4.69) is 37.5 Å². The van der Waals surface area contributed by atoms with Crippen LogP contribution in [0.15, 0.2) is 36.7 Å². The molecule has 124 valence electrons. The molecule has 0 aliphatic carbocycles. The number of H-pyrrole nitrogens is 1. The van der Waals surface area contributed by atoms with E-state index >= 15 is 0 Å². The summed E-state index contributed by atoms with van der Waals surface area (Å²) in [7, 11) is 0. The highest BCUT2D eigenvalue weighted by Crippen LogP contribution is 2.23. The van der Waals surface area contributed by atoms with Crippen LogP contribution in [0.3, 0.4) is 0 Å². The topological polar surface area (TPSA) is 119 Å². The average Bonchev–Trinajstić information content (AvgIpc) is 3.27. The number of aromatic nitrogens is 6. The van der Waals surface area contributed by atoms with Crippen LogP contribution < -0.4 is 10.6 Å². The Bertz CT molecular complexity index is 793. The van der Waals surface area contributed by atoms with Gasteiger partial charge in [-0.05, 0) is 19.1 Å². The van der Waals surface area contributed by atoms with Crippen molar-refractivity contribution in [2.24, 2.45) is 5.73 Å². The number of nitrogens with two attached hydrogens (primary N) is 1. The number of likely N-dealkylation sites (N-methyl/N-ethyl adjacent to an activating group) is 1. The molecule has 1 aromatic carbocycles. The predicted molar refractivity (Wildman–Crippen MR) is 88.2 cm³/mol. The summed E-state index contributed by atoms with van der Waals surface area (Å²) in [6.07, 6.45) is 3.51. The van der Waals surface area contributed by atoms with Crippen LogP contribution in [0.1, 0.15) is 17.4 Å². The summed E-state index contributed by atoms with van der Waals surface area (Å²) >= 11 is 0. The van der Waals surface area contributed by atoms with Gasteiger partial charge in [0.25, 0.3) is 5.91 Å². The number of primary amides is 1. The Morgan fingerprint density at radius 1 is 1.29 bits per heavy atom. The fourth-order valence-electron chi connectivity index (χ4n) is 2.48. The highest BCUT2D eigenvalue weighted by molar-refractivity contribution is 5.96. The quantitative estimate of drug-likeness (QED) is 0.659. The van der Waals surface area contributed by atoms with Crippen LogP contribution in [-0.2, 0) is 6.54 Å². The summed E-state index contributed by atoms with van der Waals surface area (Å²) in [5.74, 6) is -0.606. The zero-order valence-corrected chi connectivity index (χ0v) is 13.3. The maximum absolute atomic E-state index is 11.4. The molecule has 24 heavy (non-hydrogen) atoms. The van der Waals surface area contributed by atoms with Crippen molar-refractivity contribution in [2.45, 2.75) is 13.5 Å². The van der Waals surface area contributed by atoms with Crippen molar-refractivity contribution < 1.29 is 4.79 Å². The fraction of sp³-hybridized carbons (Fsp3) is 0.267. The smallest absolute Gasteiger partial charge is 0.271 e. The lowest BCUT2D eigenvalue weighted by Crippen LogP contribution is -2.27. The molecule has 3 aromatic rings. The van der Waals surface area contributed by atoms with E-state index < -0.39 is 5.91 Å². The summed E-state index contributed by atoms with van der Waals surface area (Å²) in [6.45, 7) is 4.53. The molecule has 0 saturated heterocycles. The minimum Gasteiger partial charge on any atom is -0.370 e. The van der Waals surface area contributed by atoms with E-state index in [1.54, 1.807) is 10.9 Å². The molecule has 1 amide bonds. The van der Waals surface area contributed by atoms with Gasteiger partial charge in [0.2, 0.25) is 0 Å². The Balaban J connectivity index is 1.75. The molecule has 0 unspecified atom stereocenters. The van der Waals surface area contributed by atoms with Crippen LogP contribution in [0.2, 0.25) is 0 Å². The van der Waals surface area contributed by atoms with E-state index in [0.717, 1.165) is 30.9 Å². The van der Waals surface area contributed by atoms with Gasteiger partial charge in [0.05, 0.1) is 12.7 Å². The van der Waals surface area contributed by atoms with Crippen LogP contribution in [0.25, 0.3) is 11.3 Å². The maximum Gasteiger partial charge on any atom is 0.271 e. The average molecular weight is 326 g/mol. The number of nitrogens with one attached hydrogen (secondary N) is 1. The molecule has 2 heterocycles. The van der Waals surface area contributed by atoms with Crippen molar-refractivity contribution in [1.82, 2.24) is 30.4 Å². The van der Waals surface area contributed by atoms with Crippen LogP contribution in [0, 0.1) is 0 Å². The zero-order valence-electron chi connectivity index (χ0n) is 13.3. The molecule has 9 nitrogen and oxygen atoms in total. The number of rotatable bonds is 7. The van der Waals surface area contributed by atoms with E-state index in [1.165, 1.54) is 0 Å². The Morgan fingerprint density at radius 3 is 2.71 bits per heavy atom. The number of aromatic amines is 1. The zero-order chi connectivity index (χ0) is 16.9. The van der Waals surface area contributed by atoms with Gasteiger partial charge in [0, 0.05) is 30.5 Å². The standard InChI is InChI=1S/C15H18N8O/c1-2-22(9-10-23-8-7-17-21-23)12-5-3-11(4-6-12)13-14(15(16)24)19-20-18-13/h3-8H,2,9-10H2,1H3,(H2,16,24)(H,18,19,20). The lowest BCUT2D eigenvalue weighted by Gasteiger charge is -2.23. The van der Waals surface area contributed by atoms with Gasteiger partial charge >= 0.3 is 0 Å². The molecule has 0 fully saturated rings. The SMILES string of the molecule is CCN(CCn1ccnn1)c1ccc(-c2n[nH]nc2C(N)=O)cc1. The van der Waals surface area contributed by atoms with Gasteiger partial charge in [-0.3, -0.25) is 9.48 Å². The number of carbonyl (C=O) groups is 1. The normalized spacial score (nSPS) is 10.7. The van der Waals surface area contributed by atoms with Crippen molar-refractivity contribution in [3.8, 4) is 11.3 Å². The number of nitrogens with zero attached hydrogens (tertiary/aromatic N) is 6. The van der Waals surface area contributed by atoms with Crippen LogP contribution in [0.5, 0.6) is 0 Å². The second kappa shape index (κ2) is 6.90. The second-order valence-corrected chi connectivity index (χ2v) is 5.18. The monoisotopic (exact) mass is 326 g/mol. The lowest BCUT2D eigenvalue weighted by molar-refractivity contribution is 0.0996. The Labute approximate surface area is 138 Å². The van der Waals surface area contributed by atoms with Crippen molar-refractivity contribution in [3.05, 3.63) is 42.4 Å². The van der Waals surface area contributed by atoms with E-state index in [9.17, 15) is 4.79 Å². The first-order chi connectivity index (χ1) is 11.7. The van der Waals surface area contributed by atoms with Gasteiger partial charge in [-0.15, -0.1) is 5.10 Å². The summed E-state index contributed by atoms with van der Waals surface area (Å²) in [6, 6.07) is 7.77. The van der Waals surface area contributed by atoms with Gasteiger partial charge in [-0.25, -0.2) is 0 Å².